The van der Waals surface area contributed by atoms with Crippen molar-refractivity contribution in [2.24, 2.45) is 5.41 Å². The lowest BCUT2D eigenvalue weighted by molar-refractivity contribution is -0.105. The van der Waals surface area contributed by atoms with Gasteiger partial charge in [0.2, 0.25) is 6.41 Å². The highest BCUT2D eigenvalue weighted by Crippen LogP contribution is 2.51. The normalized spacial score (nSPS) is 21.7. The Hall–Kier alpha value is -1.14. The number of carbonyl (C=O) groups excluding carboxylic acids is 1. The molecule has 0 radical (unpaired) electrons. The van der Waals surface area contributed by atoms with Gasteiger partial charge in [-0.3, -0.25) is 4.79 Å². The summed E-state index contributed by atoms with van der Waals surface area (Å²) in [5.41, 5.74) is 1.54. The molecule has 1 aliphatic carbocycles. The van der Waals surface area contributed by atoms with Crippen LogP contribution in [0.15, 0.2) is 18.2 Å². The lowest BCUT2D eigenvalue weighted by Crippen LogP contribution is -2.37. The molecule has 1 aliphatic heterocycles. The van der Waals surface area contributed by atoms with Crippen LogP contribution in [0.3, 0.4) is 0 Å². The first-order chi connectivity index (χ1) is 10.2. The Labute approximate surface area is 139 Å². The predicted octanol–water partition coefficient (Wildman–Crippen LogP) is 3.51. The van der Waals surface area contributed by atoms with Crippen molar-refractivity contribution in [2.75, 3.05) is 16.2 Å². The number of nitriles is 1. The zero-order valence-corrected chi connectivity index (χ0v) is 14.2. The molecule has 1 atom stereocenters. The number of halogens is 1. The number of carbonyl (C=O) groups is 1. The number of anilines is 2. The number of amides is 1. The summed E-state index contributed by atoms with van der Waals surface area (Å²) in [6, 6.07) is 8.03. The maximum atomic E-state index is 10.5. The highest BCUT2D eigenvalue weighted by atomic mass is 127. The van der Waals surface area contributed by atoms with Crippen LogP contribution in [0.25, 0.3) is 0 Å². The molecule has 21 heavy (non-hydrogen) atoms. The van der Waals surface area contributed by atoms with Gasteiger partial charge in [-0.2, -0.15) is 5.26 Å². The number of nitrogens with zero attached hydrogens (tertiary/aromatic N) is 2. The Morgan fingerprint density at radius 1 is 1.62 bits per heavy atom. The third-order valence-electron chi connectivity index (χ3n) is 3.91. The molecule has 0 saturated heterocycles. The minimum Gasteiger partial charge on any atom is -0.486 e. The third-order valence-corrected chi connectivity index (χ3v) is 5.85. The molecule has 0 spiro atoms. The van der Waals surface area contributed by atoms with E-state index in [1.807, 2.05) is 18.2 Å². The van der Waals surface area contributed by atoms with Crippen LogP contribution in [-0.2, 0) is 4.79 Å². The van der Waals surface area contributed by atoms with Gasteiger partial charge in [0, 0.05) is 42.4 Å². The second-order valence-electron chi connectivity index (χ2n) is 5.41. The second-order valence-corrected chi connectivity index (χ2v) is 7.17. The average Bonchev–Trinajstić information content (AvgIpc) is 3.27. The predicted molar refractivity (Wildman–Crippen MR) is 91.4 cm³/mol. The number of rotatable bonds is 5. The van der Waals surface area contributed by atoms with Crippen molar-refractivity contribution >= 4 is 48.1 Å². The number of nitrogens with one attached hydrogen (secondary N) is 1. The van der Waals surface area contributed by atoms with Crippen LogP contribution < -0.4 is 14.4 Å². The van der Waals surface area contributed by atoms with Crippen molar-refractivity contribution < 1.29 is 9.53 Å². The molecule has 5 nitrogen and oxygen atoms in total. The quantitative estimate of drug-likeness (QED) is 0.453. The number of fused-ring (bicyclic) bond motifs is 1. The first-order valence-electron chi connectivity index (χ1n) is 6.68. The summed E-state index contributed by atoms with van der Waals surface area (Å²) < 4.78 is 8.20. The molecule has 3 rings (SSSR count). The van der Waals surface area contributed by atoms with E-state index >= 15 is 0 Å². The van der Waals surface area contributed by atoms with E-state index in [1.54, 1.807) is 9.12 Å². The Morgan fingerprint density at radius 3 is 3.05 bits per heavy atom. The van der Waals surface area contributed by atoms with Gasteiger partial charge in [0.15, 0.2) is 0 Å². The largest absolute Gasteiger partial charge is 0.486 e. The Morgan fingerprint density at radius 2 is 2.43 bits per heavy atom. The van der Waals surface area contributed by atoms with E-state index in [0.717, 1.165) is 42.9 Å². The monoisotopic (exact) mass is 415 g/mol. The maximum Gasteiger partial charge on any atom is 0.211 e. The van der Waals surface area contributed by atoms with Gasteiger partial charge >= 0.3 is 0 Å². The van der Waals surface area contributed by atoms with E-state index in [-0.39, 0.29) is 11.5 Å². The minimum atomic E-state index is -0.164. The Kier molecular flexibility index (Phi) is 4.17. The number of benzene rings is 1. The van der Waals surface area contributed by atoms with Gasteiger partial charge < -0.3 is 14.4 Å². The number of hydrogen-bond acceptors (Lipinski definition) is 5. The molecule has 1 saturated carbocycles. The van der Waals surface area contributed by atoms with Crippen LogP contribution >= 0.6 is 30.3 Å². The van der Waals surface area contributed by atoms with E-state index < -0.39 is 0 Å². The summed E-state index contributed by atoms with van der Waals surface area (Å²) in [4.78, 5) is 10.5. The SMILES string of the molecule is N#CC1(CC2CN(SI)c3cc(NC=O)ccc3O2)CC1. The molecule has 0 aromatic heterocycles. The molecule has 1 amide bonds. The highest BCUT2D eigenvalue weighted by Gasteiger charge is 2.46. The van der Waals surface area contributed by atoms with E-state index in [9.17, 15) is 10.1 Å². The zero-order valence-electron chi connectivity index (χ0n) is 11.2. The molecule has 1 heterocycles. The van der Waals surface area contributed by atoms with E-state index in [1.165, 1.54) is 0 Å². The van der Waals surface area contributed by atoms with Crippen LogP contribution in [0.5, 0.6) is 5.75 Å². The van der Waals surface area contributed by atoms with Crippen LogP contribution in [0.2, 0.25) is 0 Å². The fraction of sp³-hybridized carbons (Fsp3) is 0.429. The van der Waals surface area contributed by atoms with Crippen molar-refractivity contribution in [3.05, 3.63) is 18.2 Å². The highest BCUT2D eigenvalue weighted by molar-refractivity contribution is 14.2. The molecule has 110 valence electrons. The van der Waals surface area contributed by atoms with Gasteiger partial charge in [0.1, 0.15) is 11.9 Å². The van der Waals surface area contributed by atoms with Crippen molar-refractivity contribution in [1.82, 2.24) is 0 Å². The molecule has 1 fully saturated rings. The molecule has 7 heteroatoms. The van der Waals surface area contributed by atoms with E-state index in [4.69, 9.17) is 4.74 Å². The molecule has 0 bridgehead atoms. The molecular formula is C14H14IN3O2S. The lowest BCUT2D eigenvalue weighted by Gasteiger charge is -2.35. The first kappa shape index (κ1) is 14.8. The lowest BCUT2D eigenvalue weighted by atomic mass is 9.99. The first-order valence-corrected chi connectivity index (χ1v) is 10.00. The number of hydrogen-bond donors (Lipinski definition) is 1. The van der Waals surface area contributed by atoms with E-state index in [2.05, 4.69) is 36.9 Å². The Bertz CT molecular complexity index is 600. The van der Waals surface area contributed by atoms with Crippen LogP contribution in [0, 0.1) is 16.7 Å². The van der Waals surface area contributed by atoms with Crippen molar-refractivity contribution in [2.45, 2.75) is 25.4 Å². The van der Waals surface area contributed by atoms with E-state index in [0.29, 0.717) is 6.41 Å². The molecule has 1 unspecified atom stereocenters. The number of ether oxygens (including phenoxy) is 1. The summed E-state index contributed by atoms with van der Waals surface area (Å²) in [6.07, 6.45) is 3.45. The van der Waals surface area contributed by atoms with Gasteiger partial charge in [-0.25, -0.2) is 0 Å². The Balaban J connectivity index is 1.81. The van der Waals surface area contributed by atoms with Gasteiger partial charge in [0.05, 0.1) is 23.7 Å². The molecule has 2 aliphatic rings. The molecule has 1 aromatic carbocycles. The van der Waals surface area contributed by atoms with Crippen LogP contribution in [0.1, 0.15) is 19.3 Å². The third kappa shape index (κ3) is 3.06. The maximum absolute atomic E-state index is 10.5. The van der Waals surface area contributed by atoms with Crippen LogP contribution in [-0.4, -0.2) is 19.1 Å². The summed E-state index contributed by atoms with van der Waals surface area (Å²) in [6.45, 7) is 0.745. The summed E-state index contributed by atoms with van der Waals surface area (Å²) in [5, 5.41) is 11.9. The molecular weight excluding hydrogens is 401 g/mol. The van der Waals surface area contributed by atoms with Gasteiger partial charge in [-0.15, -0.1) is 0 Å². The fourth-order valence-electron chi connectivity index (χ4n) is 2.59. The average molecular weight is 415 g/mol. The summed E-state index contributed by atoms with van der Waals surface area (Å²) in [5.74, 6) is 0.806. The smallest absolute Gasteiger partial charge is 0.211 e. The summed E-state index contributed by atoms with van der Waals surface area (Å²) >= 11 is 2.24. The van der Waals surface area contributed by atoms with Gasteiger partial charge in [-0.05, 0) is 31.0 Å². The van der Waals surface area contributed by atoms with Crippen molar-refractivity contribution in [1.29, 1.82) is 5.26 Å². The van der Waals surface area contributed by atoms with Crippen molar-refractivity contribution in [3.8, 4) is 11.8 Å². The molecule has 1 aromatic rings. The second kappa shape index (κ2) is 5.93. The minimum absolute atomic E-state index is 0.0341. The topological polar surface area (TPSA) is 65.4 Å². The summed E-state index contributed by atoms with van der Waals surface area (Å²) in [7, 11) is 1.60. The van der Waals surface area contributed by atoms with Crippen LogP contribution in [0.4, 0.5) is 11.4 Å². The van der Waals surface area contributed by atoms with Gasteiger partial charge in [-0.1, -0.05) is 0 Å². The molecule has 1 N–H and O–H groups in total. The zero-order chi connectivity index (χ0) is 14.9. The van der Waals surface area contributed by atoms with Crippen molar-refractivity contribution in [3.63, 3.8) is 0 Å². The standard InChI is InChI=1S/C14H14IN3O2S/c15-21-18-7-11(6-14(8-16)3-4-14)20-13-2-1-10(17-9-19)5-12(13)18/h1-2,5,9,11H,3-4,6-7H2,(H,17,19). The fourth-order valence-corrected chi connectivity index (χ4v) is 4.15. The van der Waals surface area contributed by atoms with Gasteiger partial charge in [0.25, 0.3) is 0 Å².